The van der Waals surface area contributed by atoms with E-state index in [2.05, 4.69) is 11.4 Å². The van der Waals surface area contributed by atoms with Crippen LogP contribution >= 0.6 is 23.7 Å². The van der Waals surface area contributed by atoms with Gasteiger partial charge in [-0.05, 0) is 41.1 Å². The SMILES string of the molecule is Cl.Nc1ccc(CC(=O)N2CCc3sccc3C2)cc1. The quantitative estimate of drug-likeness (QED) is 0.867. The Balaban J connectivity index is 0.00000147. The molecule has 0 bridgehead atoms. The number of hydrogen-bond acceptors (Lipinski definition) is 3. The standard InChI is InChI=1S/C15H16N2OS.ClH/c16-13-3-1-11(2-4-13)9-15(18)17-7-5-14-12(10-17)6-8-19-14;/h1-4,6,8H,5,7,9-10,16H2;1H. The number of nitrogen functional groups attached to an aromatic ring is 1. The Morgan fingerprint density at radius 2 is 2.00 bits per heavy atom. The highest BCUT2D eigenvalue weighted by Gasteiger charge is 2.21. The zero-order chi connectivity index (χ0) is 13.2. The molecule has 0 saturated heterocycles. The Kier molecular flexibility index (Phi) is 4.68. The van der Waals surface area contributed by atoms with E-state index in [1.807, 2.05) is 29.2 Å². The molecule has 0 fully saturated rings. The maximum Gasteiger partial charge on any atom is 0.227 e. The van der Waals surface area contributed by atoms with Crippen molar-refractivity contribution in [1.29, 1.82) is 0 Å². The average Bonchev–Trinajstić information content (AvgIpc) is 2.88. The minimum Gasteiger partial charge on any atom is -0.399 e. The van der Waals surface area contributed by atoms with E-state index in [9.17, 15) is 4.79 Å². The molecule has 1 aliphatic rings. The minimum atomic E-state index is 0. The molecule has 2 aromatic rings. The number of anilines is 1. The van der Waals surface area contributed by atoms with Gasteiger partial charge in [-0.15, -0.1) is 23.7 Å². The lowest BCUT2D eigenvalue weighted by Gasteiger charge is -2.27. The molecule has 1 amide bonds. The van der Waals surface area contributed by atoms with Gasteiger partial charge >= 0.3 is 0 Å². The monoisotopic (exact) mass is 308 g/mol. The first kappa shape index (κ1) is 14.9. The molecule has 0 unspecified atom stereocenters. The first-order chi connectivity index (χ1) is 9.22. The Morgan fingerprint density at radius 3 is 2.75 bits per heavy atom. The summed E-state index contributed by atoms with van der Waals surface area (Å²) >= 11 is 1.79. The summed E-state index contributed by atoms with van der Waals surface area (Å²) in [5, 5.41) is 2.11. The van der Waals surface area contributed by atoms with Crippen molar-refractivity contribution in [3.63, 3.8) is 0 Å². The van der Waals surface area contributed by atoms with Crippen LogP contribution in [0, 0.1) is 0 Å². The van der Waals surface area contributed by atoms with Crippen molar-refractivity contribution in [2.75, 3.05) is 12.3 Å². The summed E-state index contributed by atoms with van der Waals surface area (Å²) in [5.41, 5.74) is 8.71. The molecular weight excluding hydrogens is 292 g/mol. The highest BCUT2D eigenvalue weighted by molar-refractivity contribution is 7.10. The molecule has 0 saturated carbocycles. The van der Waals surface area contributed by atoms with Crippen LogP contribution < -0.4 is 5.73 Å². The Bertz CT molecular complexity index is 594. The van der Waals surface area contributed by atoms with Gasteiger partial charge in [-0.25, -0.2) is 0 Å². The molecule has 2 heterocycles. The largest absolute Gasteiger partial charge is 0.399 e. The van der Waals surface area contributed by atoms with Crippen molar-refractivity contribution in [2.24, 2.45) is 0 Å². The zero-order valence-electron chi connectivity index (χ0n) is 11.0. The fraction of sp³-hybridized carbons (Fsp3) is 0.267. The van der Waals surface area contributed by atoms with E-state index in [1.54, 1.807) is 11.3 Å². The summed E-state index contributed by atoms with van der Waals surface area (Å²) in [6, 6.07) is 9.66. The van der Waals surface area contributed by atoms with Crippen LogP contribution in [0.3, 0.4) is 0 Å². The minimum absolute atomic E-state index is 0. The Labute approximate surface area is 128 Å². The second kappa shape index (κ2) is 6.29. The smallest absolute Gasteiger partial charge is 0.227 e. The molecule has 3 nitrogen and oxygen atoms in total. The van der Waals surface area contributed by atoms with Gasteiger partial charge in [0.15, 0.2) is 0 Å². The molecular formula is C15H17ClN2OS. The van der Waals surface area contributed by atoms with Crippen LogP contribution in [0.5, 0.6) is 0 Å². The lowest BCUT2D eigenvalue weighted by atomic mass is 10.1. The molecule has 5 heteroatoms. The predicted molar refractivity (Wildman–Crippen MR) is 85.2 cm³/mol. The number of carbonyl (C=O) groups is 1. The number of carbonyl (C=O) groups excluding carboxylic acids is 1. The van der Waals surface area contributed by atoms with E-state index in [4.69, 9.17) is 5.73 Å². The van der Waals surface area contributed by atoms with Crippen LogP contribution in [0.25, 0.3) is 0 Å². The number of nitrogens with zero attached hydrogens (tertiary/aromatic N) is 1. The molecule has 3 rings (SSSR count). The molecule has 1 aromatic carbocycles. The van der Waals surface area contributed by atoms with Crippen LogP contribution in [0.2, 0.25) is 0 Å². The number of halogens is 1. The van der Waals surface area contributed by atoms with Gasteiger partial charge in [0.25, 0.3) is 0 Å². The number of rotatable bonds is 2. The van der Waals surface area contributed by atoms with E-state index in [-0.39, 0.29) is 18.3 Å². The van der Waals surface area contributed by atoms with Crippen molar-refractivity contribution >= 4 is 35.3 Å². The number of nitrogens with two attached hydrogens (primary N) is 1. The highest BCUT2D eigenvalue weighted by Crippen LogP contribution is 2.24. The average molecular weight is 309 g/mol. The van der Waals surface area contributed by atoms with Gasteiger partial charge in [-0.3, -0.25) is 4.79 Å². The third kappa shape index (κ3) is 3.14. The van der Waals surface area contributed by atoms with Crippen molar-refractivity contribution in [1.82, 2.24) is 4.90 Å². The van der Waals surface area contributed by atoms with Crippen molar-refractivity contribution in [3.8, 4) is 0 Å². The van der Waals surface area contributed by atoms with Crippen molar-refractivity contribution in [3.05, 3.63) is 51.7 Å². The molecule has 1 aliphatic heterocycles. The second-order valence-corrected chi connectivity index (χ2v) is 5.85. The maximum atomic E-state index is 12.3. The van der Waals surface area contributed by atoms with E-state index in [0.717, 1.165) is 30.8 Å². The van der Waals surface area contributed by atoms with Gasteiger partial charge in [0.1, 0.15) is 0 Å². The molecule has 0 spiro atoms. The Hall–Kier alpha value is -1.52. The third-order valence-electron chi connectivity index (χ3n) is 3.50. The van der Waals surface area contributed by atoms with Crippen molar-refractivity contribution < 1.29 is 4.79 Å². The summed E-state index contributed by atoms with van der Waals surface area (Å²) in [6.45, 7) is 1.59. The van der Waals surface area contributed by atoms with Crippen LogP contribution in [0.1, 0.15) is 16.0 Å². The van der Waals surface area contributed by atoms with E-state index >= 15 is 0 Å². The van der Waals surface area contributed by atoms with Gasteiger partial charge in [0.2, 0.25) is 5.91 Å². The second-order valence-electron chi connectivity index (χ2n) is 4.85. The molecule has 20 heavy (non-hydrogen) atoms. The third-order valence-corrected chi connectivity index (χ3v) is 4.52. The summed E-state index contributed by atoms with van der Waals surface area (Å²) in [6.07, 6.45) is 1.44. The molecule has 1 aromatic heterocycles. The van der Waals surface area contributed by atoms with Crippen LogP contribution in [-0.4, -0.2) is 17.4 Å². The molecule has 106 valence electrons. The van der Waals surface area contributed by atoms with Crippen LogP contribution in [0.4, 0.5) is 5.69 Å². The van der Waals surface area contributed by atoms with Gasteiger partial charge in [-0.2, -0.15) is 0 Å². The van der Waals surface area contributed by atoms with Crippen LogP contribution in [-0.2, 0) is 24.2 Å². The molecule has 2 N–H and O–H groups in total. The number of hydrogen-bond donors (Lipinski definition) is 1. The number of benzene rings is 1. The van der Waals surface area contributed by atoms with Gasteiger partial charge in [-0.1, -0.05) is 12.1 Å². The lowest BCUT2D eigenvalue weighted by Crippen LogP contribution is -2.36. The number of amides is 1. The first-order valence-electron chi connectivity index (χ1n) is 6.40. The summed E-state index contributed by atoms with van der Waals surface area (Å²) in [5.74, 6) is 0.196. The summed E-state index contributed by atoms with van der Waals surface area (Å²) in [4.78, 5) is 15.7. The normalized spacial score (nSPS) is 13.5. The first-order valence-corrected chi connectivity index (χ1v) is 7.28. The zero-order valence-corrected chi connectivity index (χ0v) is 12.7. The molecule has 0 atom stereocenters. The van der Waals surface area contributed by atoms with Crippen LogP contribution in [0.15, 0.2) is 35.7 Å². The number of fused-ring (bicyclic) bond motifs is 1. The fourth-order valence-electron chi connectivity index (χ4n) is 2.38. The summed E-state index contributed by atoms with van der Waals surface area (Å²) in [7, 11) is 0. The van der Waals surface area contributed by atoms with E-state index in [1.165, 1.54) is 10.4 Å². The topological polar surface area (TPSA) is 46.3 Å². The predicted octanol–water partition coefficient (Wildman–Crippen LogP) is 2.88. The highest BCUT2D eigenvalue weighted by atomic mass is 35.5. The fourth-order valence-corrected chi connectivity index (χ4v) is 3.27. The van der Waals surface area contributed by atoms with Crippen molar-refractivity contribution in [2.45, 2.75) is 19.4 Å². The van der Waals surface area contributed by atoms with Gasteiger partial charge in [0.05, 0.1) is 6.42 Å². The lowest BCUT2D eigenvalue weighted by molar-refractivity contribution is -0.131. The Morgan fingerprint density at radius 1 is 1.25 bits per heavy atom. The molecule has 0 radical (unpaired) electrons. The molecule has 0 aliphatic carbocycles. The maximum absolute atomic E-state index is 12.3. The van der Waals surface area contributed by atoms with Gasteiger partial charge in [0, 0.05) is 23.7 Å². The van der Waals surface area contributed by atoms with E-state index in [0.29, 0.717) is 6.42 Å². The van der Waals surface area contributed by atoms with Gasteiger partial charge < -0.3 is 10.6 Å². The van der Waals surface area contributed by atoms with E-state index < -0.39 is 0 Å². The summed E-state index contributed by atoms with van der Waals surface area (Å²) < 4.78 is 0. The number of thiophene rings is 1.